The van der Waals surface area contributed by atoms with E-state index >= 15 is 0 Å². The maximum Gasteiger partial charge on any atom is 0.296 e. The Hall–Kier alpha value is -1.35. The Morgan fingerprint density at radius 1 is 1.24 bits per heavy atom. The van der Waals surface area contributed by atoms with Crippen molar-refractivity contribution in [2.45, 2.75) is 44.6 Å². The number of benzene rings is 1. The lowest BCUT2D eigenvalue weighted by Gasteiger charge is -2.06. The van der Waals surface area contributed by atoms with E-state index in [1.807, 2.05) is 20.8 Å². The van der Waals surface area contributed by atoms with Crippen LogP contribution in [0.5, 0.6) is 0 Å². The van der Waals surface area contributed by atoms with Gasteiger partial charge in [-0.2, -0.15) is 8.42 Å². The zero-order valence-corrected chi connectivity index (χ0v) is 13.5. The third-order valence-electron chi connectivity index (χ3n) is 2.88. The molecule has 0 saturated heterocycles. The maximum atomic E-state index is 11.9. The van der Waals surface area contributed by atoms with E-state index in [0.717, 1.165) is 5.56 Å². The third kappa shape index (κ3) is 6.30. The molecule has 0 aliphatic rings. The lowest BCUT2D eigenvalue weighted by Crippen LogP contribution is -2.11. The Balaban J connectivity index is 2.40. The molecule has 0 radical (unpaired) electrons. The molecule has 0 heterocycles. The van der Waals surface area contributed by atoms with Crippen LogP contribution in [0.1, 0.15) is 32.3 Å². The molecule has 0 aromatic heterocycles. The number of hydrogen-bond donors (Lipinski definition) is 1. The summed E-state index contributed by atoms with van der Waals surface area (Å²) < 4.78 is 28.7. The molecular weight excluding hydrogens is 288 g/mol. The van der Waals surface area contributed by atoms with Gasteiger partial charge in [0.15, 0.2) is 0 Å². The number of rotatable bonds is 6. The fraction of sp³-hybridized carbons (Fsp3) is 0.500. The highest BCUT2D eigenvalue weighted by Crippen LogP contribution is 2.13. The molecule has 21 heavy (non-hydrogen) atoms. The second kappa shape index (κ2) is 8.18. The van der Waals surface area contributed by atoms with Crippen molar-refractivity contribution in [2.75, 3.05) is 6.61 Å². The summed E-state index contributed by atoms with van der Waals surface area (Å²) in [4.78, 5) is 0.161. The largest absolute Gasteiger partial charge is 0.380 e. The molecule has 0 aliphatic heterocycles. The fourth-order valence-electron chi connectivity index (χ4n) is 1.45. The molecule has 0 bridgehead atoms. The normalized spacial score (nSPS) is 12.8. The molecule has 0 aliphatic carbocycles. The molecule has 1 atom stereocenters. The molecular formula is C16H22O4S. The van der Waals surface area contributed by atoms with Crippen molar-refractivity contribution in [3.63, 3.8) is 0 Å². The van der Waals surface area contributed by atoms with Gasteiger partial charge >= 0.3 is 0 Å². The second-order valence-electron chi connectivity index (χ2n) is 5.20. The quantitative estimate of drug-likeness (QED) is 0.498. The highest BCUT2D eigenvalue weighted by atomic mass is 32.2. The molecule has 0 saturated carbocycles. The summed E-state index contributed by atoms with van der Waals surface area (Å²) in [5.74, 6) is 5.64. The Kier molecular flexibility index (Phi) is 6.90. The Morgan fingerprint density at radius 2 is 1.86 bits per heavy atom. The predicted octanol–water partition coefficient (Wildman–Crippen LogP) is 2.50. The first kappa shape index (κ1) is 17.7. The molecule has 0 amide bonds. The van der Waals surface area contributed by atoms with Gasteiger partial charge in [0.05, 0.1) is 11.5 Å². The van der Waals surface area contributed by atoms with Gasteiger partial charge < -0.3 is 5.11 Å². The van der Waals surface area contributed by atoms with E-state index < -0.39 is 16.2 Å². The zero-order valence-electron chi connectivity index (χ0n) is 12.7. The van der Waals surface area contributed by atoms with E-state index in [4.69, 9.17) is 4.18 Å². The van der Waals surface area contributed by atoms with Crippen LogP contribution in [0.3, 0.4) is 0 Å². The standard InChI is InChI=1S/C16H22O4S/c1-13(2)16(17)7-5-4-6-12-20-21(18,19)15-10-8-14(3)9-11-15/h8-11,13,16-17H,4,6,12H2,1-3H3. The van der Waals surface area contributed by atoms with Crippen molar-refractivity contribution >= 4 is 10.1 Å². The summed E-state index contributed by atoms with van der Waals surface area (Å²) in [6.45, 7) is 5.75. The molecule has 0 spiro atoms. The highest BCUT2D eigenvalue weighted by molar-refractivity contribution is 7.86. The molecule has 1 rings (SSSR count). The van der Waals surface area contributed by atoms with Crippen LogP contribution in [0.25, 0.3) is 0 Å². The number of aryl methyl sites for hydroxylation is 1. The maximum absolute atomic E-state index is 11.9. The smallest absolute Gasteiger partial charge is 0.296 e. The van der Waals surface area contributed by atoms with Crippen LogP contribution < -0.4 is 0 Å². The number of aliphatic hydroxyl groups is 1. The SMILES string of the molecule is Cc1ccc(S(=O)(=O)OCCCC#CC(O)C(C)C)cc1. The van der Waals surface area contributed by atoms with Crippen LogP contribution >= 0.6 is 0 Å². The van der Waals surface area contributed by atoms with Crippen molar-refractivity contribution in [1.29, 1.82) is 0 Å². The first-order chi connectivity index (χ1) is 9.83. The minimum absolute atomic E-state index is 0.0860. The summed E-state index contributed by atoms with van der Waals surface area (Å²) >= 11 is 0. The van der Waals surface area contributed by atoms with Gasteiger partial charge in [0.1, 0.15) is 6.10 Å². The fourth-order valence-corrected chi connectivity index (χ4v) is 2.39. The minimum atomic E-state index is -3.69. The van der Waals surface area contributed by atoms with Crippen molar-refractivity contribution in [2.24, 2.45) is 5.92 Å². The summed E-state index contributed by atoms with van der Waals surface area (Å²) in [6, 6.07) is 6.52. The first-order valence-electron chi connectivity index (χ1n) is 6.95. The zero-order chi connectivity index (χ0) is 15.9. The van der Waals surface area contributed by atoms with Gasteiger partial charge in [-0.05, 0) is 31.4 Å². The molecule has 1 aromatic carbocycles. The van der Waals surface area contributed by atoms with E-state index in [1.165, 1.54) is 12.1 Å². The van der Waals surface area contributed by atoms with Crippen LogP contribution in [0.15, 0.2) is 29.2 Å². The summed E-state index contributed by atoms with van der Waals surface area (Å²) in [5.41, 5.74) is 0.993. The molecule has 116 valence electrons. The topological polar surface area (TPSA) is 63.6 Å². The van der Waals surface area contributed by atoms with E-state index in [2.05, 4.69) is 11.8 Å². The number of unbranched alkanes of at least 4 members (excludes halogenated alkanes) is 1. The third-order valence-corrected chi connectivity index (χ3v) is 4.20. The van der Waals surface area contributed by atoms with E-state index in [-0.39, 0.29) is 17.4 Å². The number of aliphatic hydroxyl groups excluding tert-OH is 1. The lowest BCUT2D eigenvalue weighted by molar-refractivity contribution is 0.181. The van der Waals surface area contributed by atoms with Gasteiger partial charge in [0.25, 0.3) is 10.1 Å². The van der Waals surface area contributed by atoms with Crippen molar-refractivity contribution in [3.8, 4) is 11.8 Å². The Bertz CT molecular complexity index is 591. The molecule has 0 fully saturated rings. The van der Waals surface area contributed by atoms with Crippen LogP contribution in [0.2, 0.25) is 0 Å². The van der Waals surface area contributed by atoms with Crippen molar-refractivity contribution < 1.29 is 17.7 Å². The van der Waals surface area contributed by atoms with Gasteiger partial charge in [-0.25, -0.2) is 0 Å². The minimum Gasteiger partial charge on any atom is -0.380 e. The average molecular weight is 310 g/mol. The summed E-state index contributed by atoms with van der Waals surface area (Å²) in [5, 5.41) is 9.48. The van der Waals surface area contributed by atoms with Crippen LogP contribution in [-0.2, 0) is 14.3 Å². The monoisotopic (exact) mass is 310 g/mol. The van der Waals surface area contributed by atoms with Crippen LogP contribution in [-0.4, -0.2) is 26.2 Å². The highest BCUT2D eigenvalue weighted by Gasteiger charge is 2.14. The van der Waals surface area contributed by atoms with Crippen molar-refractivity contribution in [1.82, 2.24) is 0 Å². The molecule has 5 heteroatoms. The average Bonchev–Trinajstić information content (AvgIpc) is 2.42. The van der Waals surface area contributed by atoms with Crippen molar-refractivity contribution in [3.05, 3.63) is 29.8 Å². The van der Waals surface area contributed by atoms with Gasteiger partial charge in [-0.15, -0.1) is 5.92 Å². The Morgan fingerprint density at radius 3 is 2.43 bits per heavy atom. The molecule has 4 nitrogen and oxygen atoms in total. The molecule has 1 N–H and O–H groups in total. The number of hydrogen-bond acceptors (Lipinski definition) is 4. The predicted molar refractivity (Wildman–Crippen MR) is 82.2 cm³/mol. The lowest BCUT2D eigenvalue weighted by atomic mass is 10.1. The molecule has 1 aromatic rings. The summed E-state index contributed by atoms with van der Waals surface area (Å²) in [6.07, 6.45) is 0.359. The second-order valence-corrected chi connectivity index (χ2v) is 6.82. The van der Waals surface area contributed by atoms with E-state index in [0.29, 0.717) is 12.8 Å². The van der Waals surface area contributed by atoms with E-state index in [9.17, 15) is 13.5 Å². The van der Waals surface area contributed by atoms with Gasteiger partial charge in [-0.1, -0.05) is 37.5 Å². The van der Waals surface area contributed by atoms with Gasteiger partial charge in [-0.3, -0.25) is 4.18 Å². The van der Waals surface area contributed by atoms with Gasteiger partial charge in [0, 0.05) is 6.42 Å². The van der Waals surface area contributed by atoms with E-state index in [1.54, 1.807) is 12.1 Å². The van der Waals surface area contributed by atoms with Crippen LogP contribution in [0, 0.1) is 24.7 Å². The molecule has 1 unspecified atom stereocenters. The summed E-state index contributed by atoms with van der Waals surface area (Å²) in [7, 11) is -3.69. The van der Waals surface area contributed by atoms with Gasteiger partial charge in [0.2, 0.25) is 0 Å². The first-order valence-corrected chi connectivity index (χ1v) is 8.36. The van der Waals surface area contributed by atoms with Crippen LogP contribution in [0.4, 0.5) is 0 Å². The Labute approximate surface area is 127 Å².